The smallest absolute Gasteiger partial charge is 0.444 e. The molecular weight excluding hydrogens is 1260 g/mol. The third-order valence-electron chi connectivity index (χ3n) is 15.8. The lowest BCUT2D eigenvalue weighted by Crippen LogP contribution is -2.41. The van der Waals surface area contributed by atoms with Crippen LogP contribution in [0.2, 0.25) is 0 Å². The van der Waals surface area contributed by atoms with Gasteiger partial charge in [-0.15, -0.1) is 33.4 Å². The Kier molecular flexibility index (Phi) is 18.5. The molecule has 10 aromatic rings. The lowest BCUT2D eigenvalue weighted by molar-refractivity contribution is 0.00578. The summed E-state index contributed by atoms with van der Waals surface area (Å²) in [5.41, 5.74) is 5.55. The summed E-state index contributed by atoms with van der Waals surface area (Å²) in [6.45, 7) is 22.9. The van der Waals surface area contributed by atoms with E-state index in [1.54, 1.807) is 98.9 Å². The van der Waals surface area contributed by atoms with E-state index in [1.165, 1.54) is 0 Å². The Balaban J connectivity index is 0.000000151. The minimum atomic E-state index is -0.577. The van der Waals surface area contributed by atoms with Crippen molar-refractivity contribution in [1.82, 2.24) is 78.0 Å². The predicted octanol–water partition coefficient (Wildman–Crippen LogP) is 10.3. The summed E-state index contributed by atoms with van der Waals surface area (Å²) in [5.74, 6) is 1.38. The lowest BCUT2D eigenvalue weighted by Gasteiger charge is -2.32. The molecule has 0 spiro atoms. The number of ether oxygens (including phenoxy) is 2. The number of halogens is 3. The van der Waals surface area contributed by atoms with Crippen molar-refractivity contribution in [2.75, 3.05) is 26.2 Å². The van der Waals surface area contributed by atoms with E-state index in [2.05, 4.69) is 56.5 Å². The van der Waals surface area contributed by atoms with Crippen LogP contribution in [0.5, 0.6) is 0 Å². The third-order valence-corrected chi connectivity index (χ3v) is 16.3. The van der Waals surface area contributed by atoms with Gasteiger partial charge in [0.1, 0.15) is 16.0 Å². The summed E-state index contributed by atoms with van der Waals surface area (Å²) < 4.78 is 34.0. The highest BCUT2D eigenvalue weighted by atomic mass is 79.9. The predicted molar refractivity (Wildman–Crippen MR) is 350 cm³/mol. The second-order valence-corrected chi connectivity index (χ2v) is 27.6. The number of likely N-dealkylation sites (tertiary alicyclic amines) is 2. The van der Waals surface area contributed by atoms with E-state index in [0.29, 0.717) is 50.7 Å². The maximum Gasteiger partial charge on any atom is 0.496 e. The Morgan fingerprint density at radius 3 is 1.50 bits per heavy atom. The molecule has 0 aliphatic carbocycles. The van der Waals surface area contributed by atoms with Crippen molar-refractivity contribution in [3.63, 3.8) is 0 Å². The Labute approximate surface area is 538 Å². The fraction of sp³-hybridized carbons (Fsp3) is 0.419. The van der Waals surface area contributed by atoms with Crippen LogP contribution < -0.4 is 16.8 Å². The van der Waals surface area contributed by atoms with Crippen LogP contribution >= 0.6 is 39.1 Å². The lowest BCUT2D eigenvalue weighted by atomic mass is 9.80. The van der Waals surface area contributed by atoms with Crippen molar-refractivity contribution in [1.29, 1.82) is 0 Å². The molecule has 90 heavy (non-hydrogen) atoms. The first-order valence-electron chi connectivity index (χ1n) is 29.4. The average molecular weight is 1330 g/mol. The van der Waals surface area contributed by atoms with Gasteiger partial charge in [-0.25, -0.2) is 38.5 Å². The zero-order valence-corrected chi connectivity index (χ0v) is 55.6. The Hall–Kier alpha value is -8.04. The minimum absolute atomic E-state index is 0.0969. The normalized spacial score (nSPS) is 17.1. The topological polar surface area (TPSA) is 244 Å². The highest BCUT2D eigenvalue weighted by Gasteiger charge is 2.52. The number of hydrogen-bond donors (Lipinski definition) is 0. The molecule has 2 atom stereocenters. The number of carbonyl (C=O) groups is 2. The summed E-state index contributed by atoms with van der Waals surface area (Å²) in [6.07, 6.45) is 14.4. The number of aryl methyl sites for hydroxylation is 2. The Morgan fingerprint density at radius 1 is 0.633 bits per heavy atom. The molecule has 3 aliphatic heterocycles. The van der Waals surface area contributed by atoms with Crippen LogP contribution in [-0.4, -0.2) is 151 Å². The van der Waals surface area contributed by atoms with Gasteiger partial charge >= 0.3 is 30.7 Å². The molecule has 2 amide bonds. The summed E-state index contributed by atoms with van der Waals surface area (Å²) in [7, 11) is 3.12. The van der Waals surface area contributed by atoms with E-state index < -0.39 is 18.3 Å². The SMILES string of the molecule is CC(Cl)Cl.CC1(C)OB(c2ccc(-n3ccnn3)nc2)OC1(C)C.Cn1c(=O)n([C@H]2CCN(C(=O)OC(C)(C)C)C2)c2c3cc(-c4ccc(-n5ccnn5)nc4)ccc3ncc21.Cn1c(=O)n([C@H]2CCN(C(=O)OC(C)(C)C)C2)c2c3cc(Br)ccc3ncc21. The Bertz CT molecular complexity index is 4330. The largest absolute Gasteiger partial charge is 0.496 e. The summed E-state index contributed by atoms with van der Waals surface area (Å²) in [4.78, 5) is 72.8. The minimum Gasteiger partial charge on any atom is -0.444 e. The fourth-order valence-corrected chi connectivity index (χ4v) is 11.1. The van der Waals surface area contributed by atoms with E-state index in [9.17, 15) is 19.2 Å². The van der Waals surface area contributed by atoms with E-state index in [1.807, 2.05) is 139 Å². The number of carbonyl (C=O) groups excluding carboxylic acids is 2. The van der Waals surface area contributed by atoms with Crippen LogP contribution in [0.25, 0.3) is 66.6 Å². The van der Waals surface area contributed by atoms with Gasteiger partial charge in [-0.05, 0) is 143 Å². The molecule has 3 saturated heterocycles. The van der Waals surface area contributed by atoms with Gasteiger partial charge in [-0.2, -0.15) is 0 Å². The molecule has 472 valence electrons. The summed E-state index contributed by atoms with van der Waals surface area (Å²) in [6, 6.07) is 19.3. The Morgan fingerprint density at radius 2 is 1.08 bits per heavy atom. The van der Waals surface area contributed by atoms with Gasteiger partial charge in [0.05, 0.1) is 93.6 Å². The highest BCUT2D eigenvalue weighted by molar-refractivity contribution is 9.10. The fourth-order valence-electron chi connectivity index (χ4n) is 10.8. The van der Waals surface area contributed by atoms with Gasteiger partial charge in [0, 0.05) is 78.9 Å². The van der Waals surface area contributed by atoms with Crippen molar-refractivity contribution < 1.29 is 28.4 Å². The van der Waals surface area contributed by atoms with Crippen molar-refractivity contribution in [2.24, 2.45) is 14.1 Å². The number of aromatic nitrogens is 14. The number of benzene rings is 2. The maximum atomic E-state index is 13.5. The molecular formula is C62H72BBrCl2N16O8. The van der Waals surface area contributed by atoms with Crippen molar-refractivity contribution >= 4 is 108 Å². The van der Waals surface area contributed by atoms with E-state index in [0.717, 1.165) is 64.9 Å². The van der Waals surface area contributed by atoms with Gasteiger partial charge in [-0.3, -0.25) is 28.2 Å². The number of pyridine rings is 4. The van der Waals surface area contributed by atoms with Crippen molar-refractivity contribution in [3.05, 3.63) is 136 Å². The van der Waals surface area contributed by atoms with Crippen molar-refractivity contribution in [2.45, 2.75) is 128 Å². The first kappa shape index (κ1) is 64.9. The van der Waals surface area contributed by atoms with Crippen LogP contribution in [0.3, 0.4) is 0 Å². The van der Waals surface area contributed by atoms with E-state index >= 15 is 0 Å². The first-order chi connectivity index (χ1) is 42.5. The first-order valence-corrected chi connectivity index (χ1v) is 31.0. The van der Waals surface area contributed by atoms with Crippen molar-refractivity contribution in [3.8, 4) is 22.8 Å². The number of nitrogens with zero attached hydrogens (tertiary/aromatic N) is 16. The molecule has 3 fully saturated rings. The number of alkyl halides is 2. The zero-order chi connectivity index (χ0) is 64.8. The van der Waals surface area contributed by atoms with Gasteiger partial charge in [0.25, 0.3) is 0 Å². The molecule has 3 aliphatic rings. The number of imidazole rings is 2. The molecule has 8 aromatic heterocycles. The monoisotopic (exact) mass is 1330 g/mol. The van der Waals surface area contributed by atoms with Crippen LogP contribution in [0.4, 0.5) is 9.59 Å². The molecule has 0 radical (unpaired) electrons. The average Bonchev–Trinajstić information content (AvgIpc) is 1.80. The standard InChI is InChI=1S/C27H28N8O3.C20H23BrN4O3.C13H17BN4O2.C2H4Cl2/c1-27(2,3)38-26(37)33-11-9-19(16-33)35-24-20-13-17(5-7-21(20)28-15-22(24)32(4)25(35)36)18-6-8-23(29-14-18)34-12-10-30-31-34;1-20(2,3)28-19(27)24-8-7-13(11-24)25-17-14-9-12(21)5-6-15(14)22-10-16(17)23(4)18(25)26;1-12(2)13(3,4)20-14(19-12)10-5-6-11(15-9-10)18-8-7-16-17-18;1-2(3)4/h5-8,10,12-15,19H,9,11,16H2,1-4H3;5-6,9-10,13H,7-8,11H2,1-4H3;5-9H,1-4H3;2H,1H3/t19-;13-;;/m00../s1. The molecule has 0 saturated carbocycles. The second kappa shape index (κ2) is 25.7. The molecule has 0 N–H and O–H groups in total. The van der Waals surface area contributed by atoms with Crippen LogP contribution in [0.1, 0.15) is 101 Å². The quantitative estimate of drug-likeness (QED) is 0.111. The van der Waals surface area contributed by atoms with Gasteiger partial charge in [0.2, 0.25) is 0 Å². The maximum absolute atomic E-state index is 13.5. The molecule has 24 nitrogen and oxygen atoms in total. The number of hydrogen-bond acceptors (Lipinski definition) is 16. The molecule has 13 rings (SSSR count). The van der Waals surface area contributed by atoms with Crippen LogP contribution in [0.15, 0.2) is 124 Å². The van der Waals surface area contributed by atoms with Crippen LogP contribution in [-0.2, 0) is 32.9 Å². The molecule has 11 heterocycles. The van der Waals surface area contributed by atoms with Gasteiger partial charge in [0.15, 0.2) is 11.6 Å². The molecule has 2 aromatic carbocycles. The summed E-state index contributed by atoms with van der Waals surface area (Å²) >= 11 is 13.6. The van der Waals surface area contributed by atoms with Crippen LogP contribution in [0, 0.1) is 0 Å². The number of rotatable bonds is 6. The highest BCUT2D eigenvalue weighted by Crippen LogP contribution is 2.37. The van der Waals surface area contributed by atoms with Gasteiger partial charge < -0.3 is 28.6 Å². The second-order valence-electron chi connectivity index (χ2n) is 25.2. The van der Waals surface area contributed by atoms with Gasteiger partial charge in [-0.1, -0.05) is 38.5 Å². The molecule has 28 heteroatoms. The number of amides is 2. The zero-order valence-electron chi connectivity index (χ0n) is 52.5. The summed E-state index contributed by atoms with van der Waals surface area (Å²) in [5, 5.41) is 17.3. The number of fused-ring (bicyclic) bond motifs is 6. The van der Waals surface area contributed by atoms with E-state index in [4.69, 9.17) is 42.0 Å². The van der Waals surface area contributed by atoms with E-state index in [-0.39, 0.29) is 51.7 Å². The molecule has 0 bridgehead atoms. The third kappa shape index (κ3) is 14.0. The molecule has 0 unspecified atom stereocenters.